The van der Waals surface area contributed by atoms with E-state index in [4.69, 9.17) is 0 Å². The highest BCUT2D eigenvalue weighted by atomic mass is 16.3. The fraction of sp³-hybridized carbons (Fsp3) is 0.333. The van der Waals surface area contributed by atoms with Gasteiger partial charge in [-0.3, -0.25) is 0 Å². The van der Waals surface area contributed by atoms with Crippen LogP contribution in [-0.4, -0.2) is 10.7 Å². The summed E-state index contributed by atoms with van der Waals surface area (Å²) < 4.78 is 0. The third kappa shape index (κ3) is 4.29. The van der Waals surface area contributed by atoms with Gasteiger partial charge in [0.2, 0.25) is 0 Å². The Labute approximate surface area is 174 Å². The first-order chi connectivity index (χ1) is 14.1. The van der Waals surface area contributed by atoms with Gasteiger partial charge in [0.25, 0.3) is 0 Å². The van der Waals surface area contributed by atoms with Gasteiger partial charge in [0.15, 0.2) is 0 Å². The highest BCUT2D eigenvalue weighted by Gasteiger charge is 2.49. The van der Waals surface area contributed by atoms with Crippen molar-refractivity contribution in [3.05, 3.63) is 108 Å². The lowest BCUT2D eigenvalue weighted by Crippen LogP contribution is -2.56. The van der Waals surface area contributed by atoms with Crippen LogP contribution >= 0.6 is 0 Å². The predicted octanol–water partition coefficient (Wildman–Crippen LogP) is 5.71. The molecule has 0 amide bonds. The Morgan fingerprint density at radius 1 is 0.828 bits per heavy atom. The third-order valence-corrected chi connectivity index (χ3v) is 6.35. The first-order valence-corrected chi connectivity index (χ1v) is 10.7. The third-order valence-electron chi connectivity index (χ3n) is 6.35. The lowest BCUT2D eigenvalue weighted by atomic mass is 9.64. The minimum atomic E-state index is -0.790. The van der Waals surface area contributed by atoms with Crippen molar-refractivity contribution >= 4 is 0 Å². The molecule has 2 heteroatoms. The molecule has 0 saturated carbocycles. The van der Waals surface area contributed by atoms with Crippen LogP contribution in [0.2, 0.25) is 0 Å². The molecule has 1 heterocycles. The zero-order chi connectivity index (χ0) is 20.3. The van der Waals surface area contributed by atoms with Gasteiger partial charge in [-0.15, -0.1) is 0 Å². The quantitative estimate of drug-likeness (QED) is 0.590. The second-order valence-corrected chi connectivity index (χ2v) is 8.76. The molecule has 1 aliphatic rings. The van der Waals surface area contributed by atoms with E-state index < -0.39 is 5.60 Å². The van der Waals surface area contributed by atoms with E-state index in [9.17, 15) is 5.11 Å². The van der Waals surface area contributed by atoms with Crippen molar-refractivity contribution in [2.24, 2.45) is 11.8 Å². The first-order valence-electron chi connectivity index (χ1n) is 10.7. The Bertz CT molecular complexity index is 894. The largest absolute Gasteiger partial charge is 0.389 e. The first kappa shape index (κ1) is 19.9. The lowest BCUT2D eigenvalue weighted by Gasteiger charge is -2.51. The minimum Gasteiger partial charge on any atom is -0.389 e. The van der Waals surface area contributed by atoms with Crippen LogP contribution in [0.3, 0.4) is 0 Å². The molecular formula is C27H31NO. The van der Waals surface area contributed by atoms with Gasteiger partial charge in [0.1, 0.15) is 0 Å². The van der Waals surface area contributed by atoms with Gasteiger partial charge < -0.3 is 10.4 Å². The number of aliphatic hydroxyl groups is 1. The van der Waals surface area contributed by atoms with Crippen LogP contribution in [-0.2, 0) is 6.42 Å². The van der Waals surface area contributed by atoms with Crippen molar-refractivity contribution in [3.8, 4) is 0 Å². The van der Waals surface area contributed by atoms with Crippen molar-refractivity contribution in [2.45, 2.75) is 44.4 Å². The number of hydrogen-bond acceptors (Lipinski definition) is 2. The van der Waals surface area contributed by atoms with Crippen LogP contribution in [0.5, 0.6) is 0 Å². The van der Waals surface area contributed by atoms with Gasteiger partial charge in [-0.1, -0.05) is 105 Å². The average Bonchev–Trinajstić information content (AvgIpc) is 2.74. The molecule has 0 bridgehead atoms. The molecule has 4 atom stereocenters. The van der Waals surface area contributed by atoms with Gasteiger partial charge >= 0.3 is 0 Å². The molecular weight excluding hydrogens is 354 g/mol. The number of piperidine rings is 1. The summed E-state index contributed by atoms with van der Waals surface area (Å²) in [5.41, 5.74) is 2.89. The van der Waals surface area contributed by atoms with Gasteiger partial charge in [-0.05, 0) is 29.0 Å². The molecule has 1 fully saturated rings. The number of nitrogens with one attached hydrogen (secondary N) is 1. The van der Waals surface area contributed by atoms with Crippen molar-refractivity contribution in [2.75, 3.05) is 0 Å². The second kappa shape index (κ2) is 8.52. The molecule has 0 unspecified atom stereocenters. The van der Waals surface area contributed by atoms with E-state index in [2.05, 4.69) is 98.0 Å². The molecule has 1 aliphatic heterocycles. The zero-order valence-corrected chi connectivity index (χ0v) is 17.3. The summed E-state index contributed by atoms with van der Waals surface area (Å²) in [7, 11) is 0. The molecule has 29 heavy (non-hydrogen) atoms. The standard InChI is InChI=1S/C27H31NO/c1-20(2)25-26(23-16-10-5-11-17-23)28-24(22-14-8-4-9-15-22)19-27(25,29)18-21-12-6-3-7-13-21/h3-17,20,24-26,28-29H,18-19H2,1-2H3/t24-,25+,26+,27+/m1/s1. The minimum absolute atomic E-state index is 0.101. The van der Waals surface area contributed by atoms with Crippen LogP contribution < -0.4 is 5.32 Å². The van der Waals surface area contributed by atoms with E-state index in [1.165, 1.54) is 16.7 Å². The maximum atomic E-state index is 12.2. The van der Waals surface area contributed by atoms with Crippen molar-refractivity contribution in [1.29, 1.82) is 0 Å². The summed E-state index contributed by atoms with van der Waals surface area (Å²) >= 11 is 0. The average molecular weight is 386 g/mol. The van der Waals surface area contributed by atoms with E-state index in [1.807, 2.05) is 12.1 Å². The SMILES string of the molecule is CC(C)[C@H]1[C@H](c2ccccc2)N[C@@H](c2ccccc2)C[C@@]1(O)Cc1ccccc1. The van der Waals surface area contributed by atoms with Crippen molar-refractivity contribution < 1.29 is 5.11 Å². The molecule has 3 aromatic rings. The predicted molar refractivity (Wildman–Crippen MR) is 120 cm³/mol. The lowest BCUT2D eigenvalue weighted by molar-refractivity contribution is -0.0920. The summed E-state index contributed by atoms with van der Waals surface area (Å²) in [6.07, 6.45) is 1.38. The van der Waals surface area contributed by atoms with E-state index >= 15 is 0 Å². The van der Waals surface area contributed by atoms with Gasteiger partial charge in [0, 0.05) is 24.4 Å². The molecule has 0 radical (unpaired) electrons. The van der Waals surface area contributed by atoms with Gasteiger partial charge in [-0.25, -0.2) is 0 Å². The molecule has 1 saturated heterocycles. The Hall–Kier alpha value is -2.42. The van der Waals surface area contributed by atoms with Crippen LogP contribution in [0.15, 0.2) is 91.0 Å². The van der Waals surface area contributed by atoms with E-state index in [0.717, 1.165) is 0 Å². The van der Waals surface area contributed by atoms with Gasteiger partial charge in [0.05, 0.1) is 5.60 Å². The van der Waals surface area contributed by atoms with Crippen LogP contribution in [0.4, 0.5) is 0 Å². The summed E-state index contributed by atoms with van der Waals surface area (Å²) in [5.74, 6) is 0.461. The molecule has 0 aliphatic carbocycles. The molecule has 0 aromatic heterocycles. The maximum Gasteiger partial charge on any atom is 0.0754 e. The zero-order valence-electron chi connectivity index (χ0n) is 17.3. The topological polar surface area (TPSA) is 32.3 Å². The van der Waals surface area contributed by atoms with E-state index in [0.29, 0.717) is 18.8 Å². The summed E-state index contributed by atoms with van der Waals surface area (Å²) in [5, 5.41) is 16.1. The van der Waals surface area contributed by atoms with Crippen molar-refractivity contribution in [3.63, 3.8) is 0 Å². The van der Waals surface area contributed by atoms with Gasteiger partial charge in [-0.2, -0.15) is 0 Å². The monoisotopic (exact) mass is 385 g/mol. The van der Waals surface area contributed by atoms with Crippen molar-refractivity contribution in [1.82, 2.24) is 5.32 Å². The van der Waals surface area contributed by atoms with E-state index in [-0.39, 0.29) is 18.0 Å². The summed E-state index contributed by atoms with van der Waals surface area (Å²) in [4.78, 5) is 0. The Morgan fingerprint density at radius 3 is 1.90 bits per heavy atom. The summed E-state index contributed by atoms with van der Waals surface area (Å²) in [6.45, 7) is 4.47. The molecule has 2 N–H and O–H groups in total. The highest BCUT2D eigenvalue weighted by molar-refractivity contribution is 5.29. The smallest absolute Gasteiger partial charge is 0.0754 e. The molecule has 2 nitrogen and oxygen atoms in total. The highest BCUT2D eigenvalue weighted by Crippen LogP contribution is 2.47. The molecule has 3 aromatic carbocycles. The normalized spacial score (nSPS) is 27.1. The number of hydrogen-bond donors (Lipinski definition) is 2. The Morgan fingerprint density at radius 2 is 1.34 bits per heavy atom. The van der Waals surface area contributed by atoms with Crippen LogP contribution in [0.25, 0.3) is 0 Å². The fourth-order valence-electron chi connectivity index (χ4n) is 5.19. The maximum absolute atomic E-state index is 12.2. The molecule has 150 valence electrons. The number of rotatable bonds is 5. The number of benzene rings is 3. The Balaban J connectivity index is 1.77. The fourth-order valence-corrected chi connectivity index (χ4v) is 5.19. The summed E-state index contributed by atoms with van der Waals surface area (Å²) in [6, 6.07) is 31.8. The molecule has 0 spiro atoms. The van der Waals surface area contributed by atoms with E-state index in [1.54, 1.807) is 0 Å². The Kier molecular flexibility index (Phi) is 5.84. The molecule has 4 rings (SSSR count). The second-order valence-electron chi connectivity index (χ2n) is 8.76. The van der Waals surface area contributed by atoms with Crippen LogP contribution in [0, 0.1) is 11.8 Å². The van der Waals surface area contributed by atoms with Crippen LogP contribution in [0.1, 0.15) is 49.0 Å².